The molecule has 5 nitrogen and oxygen atoms in total. The quantitative estimate of drug-likeness (QED) is 0.864. The number of nitrogens with zero attached hydrogens (tertiary/aromatic N) is 1. The molecule has 0 aromatic heterocycles. The molecule has 0 saturated carbocycles. The van der Waals surface area contributed by atoms with E-state index in [1.807, 2.05) is 25.1 Å². The molecule has 1 atom stereocenters. The smallest absolute Gasteiger partial charge is 0.254 e. The van der Waals surface area contributed by atoms with Crippen molar-refractivity contribution in [3.63, 3.8) is 0 Å². The van der Waals surface area contributed by atoms with Gasteiger partial charge in [-0.05, 0) is 37.0 Å². The predicted octanol–water partition coefficient (Wildman–Crippen LogP) is 1.40. The van der Waals surface area contributed by atoms with E-state index < -0.39 is 0 Å². The molecule has 0 bridgehead atoms. The lowest BCUT2D eigenvalue weighted by Gasteiger charge is -2.35. The number of carbonyl (C=O) groups is 2. The van der Waals surface area contributed by atoms with E-state index in [2.05, 4.69) is 10.6 Å². The molecule has 2 N–H and O–H groups in total. The Hall–Kier alpha value is -2.04. The minimum Gasteiger partial charge on any atom is -0.385 e. The Bertz CT molecular complexity index is 571. The van der Waals surface area contributed by atoms with Gasteiger partial charge in [0, 0.05) is 30.9 Å². The zero-order valence-corrected chi connectivity index (χ0v) is 12.3. The lowest BCUT2D eigenvalue weighted by Crippen LogP contribution is -2.57. The van der Waals surface area contributed by atoms with Crippen molar-refractivity contribution in [2.24, 2.45) is 0 Å². The molecular formula is C16H21N3O2. The van der Waals surface area contributed by atoms with Crippen LogP contribution in [0.4, 0.5) is 5.69 Å². The Morgan fingerprint density at radius 2 is 2.19 bits per heavy atom. The van der Waals surface area contributed by atoms with Crippen LogP contribution < -0.4 is 10.6 Å². The SMILES string of the molecule is CCC1C(=O)NCCN1C(=O)c1cccc2c1CCCN2. The Balaban J connectivity index is 1.93. The molecule has 112 valence electrons. The number of hydrogen-bond donors (Lipinski definition) is 2. The van der Waals surface area contributed by atoms with Crippen molar-refractivity contribution in [2.75, 3.05) is 25.0 Å². The minimum absolute atomic E-state index is 0.0164. The van der Waals surface area contributed by atoms with Gasteiger partial charge in [-0.3, -0.25) is 9.59 Å². The van der Waals surface area contributed by atoms with Crippen molar-refractivity contribution in [3.05, 3.63) is 29.3 Å². The highest BCUT2D eigenvalue weighted by molar-refractivity contribution is 6.00. The van der Waals surface area contributed by atoms with Crippen molar-refractivity contribution in [3.8, 4) is 0 Å². The lowest BCUT2D eigenvalue weighted by molar-refractivity contribution is -0.127. The zero-order chi connectivity index (χ0) is 14.8. The van der Waals surface area contributed by atoms with Gasteiger partial charge in [-0.15, -0.1) is 0 Å². The van der Waals surface area contributed by atoms with E-state index in [9.17, 15) is 9.59 Å². The maximum Gasteiger partial charge on any atom is 0.254 e. The average Bonchev–Trinajstić information content (AvgIpc) is 2.53. The summed E-state index contributed by atoms with van der Waals surface area (Å²) in [6.45, 7) is 4.01. The summed E-state index contributed by atoms with van der Waals surface area (Å²) in [6, 6.07) is 5.47. The van der Waals surface area contributed by atoms with Gasteiger partial charge in [-0.2, -0.15) is 0 Å². The van der Waals surface area contributed by atoms with Crippen molar-refractivity contribution < 1.29 is 9.59 Å². The van der Waals surface area contributed by atoms with Gasteiger partial charge in [0.25, 0.3) is 5.91 Å². The molecule has 1 unspecified atom stereocenters. The fraction of sp³-hybridized carbons (Fsp3) is 0.500. The fourth-order valence-corrected chi connectivity index (χ4v) is 3.23. The van der Waals surface area contributed by atoms with Crippen LogP contribution in [0.15, 0.2) is 18.2 Å². The van der Waals surface area contributed by atoms with Gasteiger partial charge >= 0.3 is 0 Å². The standard InChI is InChI=1S/C16H21N3O2/c1-2-14-15(20)18-9-10-19(14)16(21)12-5-3-7-13-11(12)6-4-8-17-13/h3,5,7,14,17H,2,4,6,8-10H2,1H3,(H,18,20). The number of nitrogens with one attached hydrogen (secondary N) is 2. The predicted molar refractivity (Wildman–Crippen MR) is 81.4 cm³/mol. The van der Waals surface area contributed by atoms with Crippen LogP contribution in [0.2, 0.25) is 0 Å². The summed E-state index contributed by atoms with van der Waals surface area (Å²) in [5.41, 5.74) is 2.89. The molecule has 0 radical (unpaired) electrons. The maximum atomic E-state index is 12.9. The van der Waals surface area contributed by atoms with Gasteiger partial charge in [-0.1, -0.05) is 13.0 Å². The summed E-state index contributed by atoms with van der Waals surface area (Å²) in [6.07, 6.45) is 2.60. The van der Waals surface area contributed by atoms with E-state index >= 15 is 0 Å². The Morgan fingerprint density at radius 3 is 3.00 bits per heavy atom. The molecule has 2 heterocycles. The highest BCUT2D eigenvalue weighted by Crippen LogP contribution is 2.27. The molecule has 0 aliphatic carbocycles. The zero-order valence-electron chi connectivity index (χ0n) is 12.3. The lowest BCUT2D eigenvalue weighted by atomic mass is 9.96. The Morgan fingerprint density at radius 1 is 1.33 bits per heavy atom. The molecular weight excluding hydrogens is 266 g/mol. The number of anilines is 1. The molecule has 21 heavy (non-hydrogen) atoms. The number of benzene rings is 1. The molecule has 3 rings (SSSR count). The molecule has 5 heteroatoms. The van der Waals surface area contributed by atoms with Gasteiger partial charge < -0.3 is 15.5 Å². The number of fused-ring (bicyclic) bond motifs is 1. The van der Waals surface area contributed by atoms with Crippen molar-refractivity contribution in [1.82, 2.24) is 10.2 Å². The van der Waals surface area contributed by atoms with E-state index in [0.717, 1.165) is 36.2 Å². The summed E-state index contributed by atoms with van der Waals surface area (Å²) in [5.74, 6) is -0.0581. The van der Waals surface area contributed by atoms with Crippen LogP contribution >= 0.6 is 0 Å². The Labute approximate surface area is 124 Å². The summed E-state index contributed by atoms with van der Waals surface area (Å²) >= 11 is 0. The molecule has 2 amide bonds. The summed E-state index contributed by atoms with van der Waals surface area (Å²) in [7, 11) is 0. The van der Waals surface area contributed by atoms with Gasteiger partial charge in [0.1, 0.15) is 6.04 Å². The second-order valence-electron chi connectivity index (χ2n) is 5.58. The second-order valence-corrected chi connectivity index (χ2v) is 5.58. The van der Waals surface area contributed by atoms with Crippen LogP contribution in [0.1, 0.15) is 35.7 Å². The molecule has 2 aliphatic heterocycles. The van der Waals surface area contributed by atoms with Crippen LogP contribution in [-0.2, 0) is 11.2 Å². The van der Waals surface area contributed by atoms with E-state index in [1.165, 1.54) is 0 Å². The third kappa shape index (κ3) is 2.48. The van der Waals surface area contributed by atoms with Gasteiger partial charge in [0.2, 0.25) is 5.91 Å². The Kier molecular flexibility index (Phi) is 3.82. The summed E-state index contributed by atoms with van der Waals surface area (Å²) < 4.78 is 0. The average molecular weight is 287 g/mol. The topological polar surface area (TPSA) is 61.4 Å². The van der Waals surface area contributed by atoms with Crippen LogP contribution in [0.5, 0.6) is 0 Å². The van der Waals surface area contributed by atoms with E-state index in [0.29, 0.717) is 19.5 Å². The third-order valence-corrected chi connectivity index (χ3v) is 4.30. The number of rotatable bonds is 2. The van der Waals surface area contributed by atoms with E-state index in [-0.39, 0.29) is 17.9 Å². The van der Waals surface area contributed by atoms with Crippen molar-refractivity contribution in [2.45, 2.75) is 32.2 Å². The molecule has 1 saturated heterocycles. The number of carbonyl (C=O) groups excluding carboxylic acids is 2. The number of amides is 2. The highest BCUT2D eigenvalue weighted by atomic mass is 16.2. The fourth-order valence-electron chi connectivity index (χ4n) is 3.23. The van der Waals surface area contributed by atoms with E-state index in [4.69, 9.17) is 0 Å². The third-order valence-electron chi connectivity index (χ3n) is 4.30. The van der Waals surface area contributed by atoms with Gasteiger partial charge in [-0.25, -0.2) is 0 Å². The van der Waals surface area contributed by atoms with Crippen LogP contribution in [0.3, 0.4) is 0 Å². The van der Waals surface area contributed by atoms with Crippen molar-refractivity contribution in [1.29, 1.82) is 0 Å². The van der Waals surface area contributed by atoms with Crippen LogP contribution in [0, 0.1) is 0 Å². The van der Waals surface area contributed by atoms with Gasteiger partial charge in [0.05, 0.1) is 0 Å². The van der Waals surface area contributed by atoms with Gasteiger partial charge in [0.15, 0.2) is 0 Å². The molecule has 0 spiro atoms. The van der Waals surface area contributed by atoms with Crippen molar-refractivity contribution >= 4 is 17.5 Å². The first-order valence-corrected chi connectivity index (χ1v) is 7.66. The number of hydrogen-bond acceptors (Lipinski definition) is 3. The largest absolute Gasteiger partial charge is 0.385 e. The molecule has 1 fully saturated rings. The summed E-state index contributed by atoms with van der Waals surface area (Å²) in [5, 5.41) is 6.18. The monoisotopic (exact) mass is 287 g/mol. The molecule has 2 aliphatic rings. The van der Waals surface area contributed by atoms with Crippen LogP contribution in [-0.4, -0.2) is 42.4 Å². The first-order chi connectivity index (χ1) is 10.2. The normalized spacial score (nSPS) is 21.3. The first kappa shape index (κ1) is 13.9. The molecule has 1 aromatic carbocycles. The van der Waals surface area contributed by atoms with Crippen LogP contribution in [0.25, 0.3) is 0 Å². The second kappa shape index (κ2) is 5.76. The minimum atomic E-state index is -0.348. The first-order valence-electron chi connectivity index (χ1n) is 7.66. The highest BCUT2D eigenvalue weighted by Gasteiger charge is 2.33. The molecule has 1 aromatic rings. The maximum absolute atomic E-state index is 12.9. The summed E-state index contributed by atoms with van der Waals surface area (Å²) in [4.78, 5) is 26.6. The van der Waals surface area contributed by atoms with E-state index in [1.54, 1.807) is 4.90 Å². The number of piperazine rings is 1.